The SMILES string of the molecule is COC(=O)C1=C(C(=O)OC)N(c2ccc3c(c2)nc(-c2ccccc2)n3CCO)COC1. The number of methoxy groups -OCH3 is 2. The number of nitrogens with zero attached hydrogens (tertiary/aromatic N) is 3. The van der Waals surface area contributed by atoms with E-state index in [2.05, 4.69) is 0 Å². The smallest absolute Gasteiger partial charge is 0.355 e. The zero-order valence-electron chi connectivity index (χ0n) is 17.8. The van der Waals surface area contributed by atoms with Crippen LogP contribution in [-0.2, 0) is 30.3 Å². The van der Waals surface area contributed by atoms with Crippen LogP contribution >= 0.6 is 0 Å². The summed E-state index contributed by atoms with van der Waals surface area (Å²) in [7, 11) is 2.50. The van der Waals surface area contributed by atoms with Crippen LogP contribution in [0.1, 0.15) is 0 Å². The van der Waals surface area contributed by atoms with E-state index in [4.69, 9.17) is 19.2 Å². The molecule has 0 bridgehead atoms. The third-order valence-electron chi connectivity index (χ3n) is 5.23. The summed E-state index contributed by atoms with van der Waals surface area (Å²) in [5.41, 5.74) is 3.18. The first-order valence-corrected chi connectivity index (χ1v) is 10.0. The van der Waals surface area contributed by atoms with E-state index in [9.17, 15) is 14.7 Å². The normalized spacial score (nSPS) is 14.0. The van der Waals surface area contributed by atoms with E-state index in [0.29, 0.717) is 17.7 Å². The molecule has 0 saturated carbocycles. The van der Waals surface area contributed by atoms with E-state index in [1.807, 2.05) is 47.0 Å². The molecule has 0 saturated heterocycles. The summed E-state index contributed by atoms with van der Waals surface area (Å²) in [5, 5.41) is 9.58. The lowest BCUT2D eigenvalue weighted by molar-refractivity contribution is -0.140. The molecule has 0 radical (unpaired) electrons. The molecule has 32 heavy (non-hydrogen) atoms. The van der Waals surface area contributed by atoms with Crippen LogP contribution in [0.2, 0.25) is 0 Å². The molecule has 0 fully saturated rings. The minimum atomic E-state index is -0.662. The lowest BCUT2D eigenvalue weighted by Gasteiger charge is -2.31. The van der Waals surface area contributed by atoms with Crippen LogP contribution in [0.4, 0.5) is 5.69 Å². The number of rotatable bonds is 6. The highest BCUT2D eigenvalue weighted by Gasteiger charge is 2.32. The van der Waals surface area contributed by atoms with Gasteiger partial charge in [0.2, 0.25) is 0 Å². The van der Waals surface area contributed by atoms with Gasteiger partial charge in [0.1, 0.15) is 18.3 Å². The number of aromatic nitrogens is 2. The van der Waals surface area contributed by atoms with Crippen LogP contribution in [0.15, 0.2) is 59.8 Å². The monoisotopic (exact) mass is 437 g/mol. The Kier molecular flexibility index (Phi) is 6.20. The van der Waals surface area contributed by atoms with Crippen molar-refractivity contribution in [2.24, 2.45) is 0 Å². The van der Waals surface area contributed by atoms with Crippen molar-refractivity contribution < 1.29 is 28.9 Å². The van der Waals surface area contributed by atoms with Gasteiger partial charge in [-0.15, -0.1) is 0 Å². The number of hydrogen-bond donors (Lipinski definition) is 1. The van der Waals surface area contributed by atoms with Gasteiger partial charge in [-0.05, 0) is 18.2 Å². The summed E-state index contributed by atoms with van der Waals surface area (Å²) in [5.74, 6) is -0.597. The second-order valence-corrected chi connectivity index (χ2v) is 7.07. The van der Waals surface area contributed by atoms with E-state index in [1.54, 1.807) is 11.0 Å². The second kappa shape index (κ2) is 9.21. The predicted molar refractivity (Wildman–Crippen MR) is 117 cm³/mol. The third-order valence-corrected chi connectivity index (χ3v) is 5.23. The van der Waals surface area contributed by atoms with Crippen LogP contribution < -0.4 is 4.90 Å². The summed E-state index contributed by atoms with van der Waals surface area (Å²) >= 11 is 0. The number of ether oxygens (including phenoxy) is 3. The average molecular weight is 437 g/mol. The number of aliphatic hydroxyl groups excluding tert-OH is 1. The standard InChI is InChI=1S/C23H23N3O6/c1-30-22(28)17-13-32-14-26(20(17)23(29)31-2)16-8-9-19-18(12-16)24-21(25(19)10-11-27)15-6-4-3-5-7-15/h3-9,12,27H,10-11,13-14H2,1-2H3. The lowest BCUT2D eigenvalue weighted by atomic mass is 10.1. The van der Waals surface area contributed by atoms with Crippen molar-refractivity contribution in [1.82, 2.24) is 9.55 Å². The molecule has 1 aliphatic rings. The fourth-order valence-corrected chi connectivity index (χ4v) is 3.77. The maximum absolute atomic E-state index is 12.5. The van der Waals surface area contributed by atoms with Gasteiger partial charge in [-0.3, -0.25) is 0 Å². The molecule has 0 aliphatic carbocycles. The summed E-state index contributed by atoms with van der Waals surface area (Å²) in [6.07, 6.45) is 0. The molecule has 0 unspecified atom stereocenters. The molecule has 4 rings (SSSR count). The van der Waals surface area contributed by atoms with Crippen molar-refractivity contribution >= 4 is 28.7 Å². The van der Waals surface area contributed by atoms with Crippen molar-refractivity contribution in [1.29, 1.82) is 0 Å². The molecule has 0 amide bonds. The van der Waals surface area contributed by atoms with Crippen LogP contribution in [-0.4, -0.2) is 60.8 Å². The Balaban J connectivity index is 1.84. The van der Waals surface area contributed by atoms with Crippen LogP contribution in [0.25, 0.3) is 22.4 Å². The lowest BCUT2D eigenvalue weighted by Crippen LogP contribution is -2.38. The molecule has 1 aliphatic heterocycles. The number of anilines is 1. The van der Waals surface area contributed by atoms with Gasteiger partial charge in [-0.2, -0.15) is 0 Å². The molecular formula is C23H23N3O6. The molecule has 1 N–H and O–H groups in total. The number of carbonyl (C=O) groups is 2. The topological polar surface area (TPSA) is 103 Å². The largest absolute Gasteiger partial charge is 0.466 e. The first-order chi connectivity index (χ1) is 15.6. The van der Waals surface area contributed by atoms with Crippen molar-refractivity contribution in [3.8, 4) is 11.4 Å². The quantitative estimate of drug-likeness (QED) is 0.585. The molecule has 2 heterocycles. The van der Waals surface area contributed by atoms with E-state index in [1.165, 1.54) is 14.2 Å². The molecule has 0 spiro atoms. The van der Waals surface area contributed by atoms with Gasteiger partial charge in [0, 0.05) is 17.8 Å². The highest BCUT2D eigenvalue weighted by atomic mass is 16.5. The average Bonchev–Trinajstić information content (AvgIpc) is 3.21. The van der Waals surface area contributed by atoms with Gasteiger partial charge in [0.05, 0.1) is 44.0 Å². The van der Waals surface area contributed by atoms with E-state index >= 15 is 0 Å². The summed E-state index contributed by atoms with van der Waals surface area (Å²) in [4.78, 5) is 31.1. The first-order valence-electron chi connectivity index (χ1n) is 10.0. The van der Waals surface area contributed by atoms with Gasteiger partial charge >= 0.3 is 11.9 Å². The number of hydrogen-bond acceptors (Lipinski definition) is 8. The van der Waals surface area contributed by atoms with E-state index in [-0.39, 0.29) is 31.2 Å². The number of fused-ring (bicyclic) bond motifs is 1. The zero-order chi connectivity index (χ0) is 22.7. The Morgan fingerprint density at radius 2 is 1.84 bits per heavy atom. The Hall–Kier alpha value is -3.69. The van der Waals surface area contributed by atoms with Crippen molar-refractivity contribution in [3.63, 3.8) is 0 Å². The Bertz CT molecular complexity index is 1190. The molecule has 9 heteroatoms. The molecular weight excluding hydrogens is 414 g/mol. The fourth-order valence-electron chi connectivity index (χ4n) is 3.77. The third kappa shape index (κ3) is 3.83. The maximum atomic E-state index is 12.5. The van der Waals surface area contributed by atoms with Gasteiger partial charge < -0.3 is 28.8 Å². The molecule has 3 aromatic rings. The first kappa shape index (κ1) is 21.5. The van der Waals surface area contributed by atoms with Crippen molar-refractivity contribution in [2.75, 3.05) is 39.1 Å². The Labute approximate surface area is 184 Å². The minimum absolute atomic E-state index is 0.0370. The number of aliphatic hydroxyl groups is 1. The highest BCUT2D eigenvalue weighted by Crippen LogP contribution is 2.31. The summed E-state index contributed by atoms with van der Waals surface area (Å²) in [6, 6.07) is 15.2. The van der Waals surface area contributed by atoms with Gasteiger partial charge in [-0.25, -0.2) is 14.6 Å². The molecule has 1 aromatic heterocycles. The number of benzene rings is 2. The molecule has 9 nitrogen and oxygen atoms in total. The molecule has 166 valence electrons. The van der Waals surface area contributed by atoms with E-state index < -0.39 is 11.9 Å². The van der Waals surface area contributed by atoms with Gasteiger partial charge in [-0.1, -0.05) is 30.3 Å². The summed E-state index contributed by atoms with van der Waals surface area (Å²) < 4.78 is 17.2. The van der Waals surface area contributed by atoms with Crippen LogP contribution in [0.5, 0.6) is 0 Å². The number of esters is 2. The van der Waals surface area contributed by atoms with Gasteiger partial charge in [0.15, 0.2) is 0 Å². The highest BCUT2D eigenvalue weighted by molar-refractivity contribution is 6.03. The van der Waals surface area contributed by atoms with Crippen molar-refractivity contribution in [2.45, 2.75) is 6.54 Å². The number of imidazole rings is 1. The predicted octanol–water partition coefficient (Wildman–Crippen LogP) is 2.09. The molecule has 0 atom stereocenters. The minimum Gasteiger partial charge on any atom is -0.466 e. The van der Waals surface area contributed by atoms with Gasteiger partial charge in [0.25, 0.3) is 0 Å². The maximum Gasteiger partial charge on any atom is 0.355 e. The number of carbonyl (C=O) groups excluding carboxylic acids is 2. The second-order valence-electron chi connectivity index (χ2n) is 7.07. The van der Waals surface area contributed by atoms with Crippen LogP contribution in [0.3, 0.4) is 0 Å². The summed E-state index contributed by atoms with van der Waals surface area (Å²) in [6.45, 7) is 0.343. The van der Waals surface area contributed by atoms with Crippen LogP contribution in [0, 0.1) is 0 Å². The fraction of sp³-hybridized carbons (Fsp3) is 0.261. The van der Waals surface area contributed by atoms with Crippen molar-refractivity contribution in [3.05, 3.63) is 59.8 Å². The Morgan fingerprint density at radius 3 is 2.53 bits per heavy atom. The van der Waals surface area contributed by atoms with E-state index in [0.717, 1.165) is 16.9 Å². The Morgan fingerprint density at radius 1 is 1.09 bits per heavy atom. The molecule has 2 aromatic carbocycles. The zero-order valence-corrected chi connectivity index (χ0v) is 17.8.